The van der Waals surface area contributed by atoms with Crippen LogP contribution in [0, 0.1) is 0 Å². The molecule has 6 heteroatoms. The summed E-state index contributed by atoms with van der Waals surface area (Å²) in [6, 6.07) is 13.4. The molecule has 1 saturated heterocycles. The Balaban J connectivity index is 1.63. The molecule has 0 aromatic heterocycles. The van der Waals surface area contributed by atoms with Gasteiger partial charge in [-0.05, 0) is 24.3 Å². The van der Waals surface area contributed by atoms with Crippen molar-refractivity contribution in [3.05, 3.63) is 48.0 Å². The van der Waals surface area contributed by atoms with Crippen molar-refractivity contribution in [2.45, 2.75) is 0 Å². The highest BCUT2D eigenvalue weighted by Gasteiger charge is 2.18. The van der Waals surface area contributed by atoms with Crippen LogP contribution in [0.25, 0.3) is 0 Å². The maximum atomic E-state index is 10.1. The van der Waals surface area contributed by atoms with Gasteiger partial charge in [-0.1, -0.05) is 18.2 Å². The van der Waals surface area contributed by atoms with Crippen molar-refractivity contribution < 1.29 is 14.6 Å². The number of phenolic OH excluding ortho intramolecular Hbond substituents is 1. The van der Waals surface area contributed by atoms with Gasteiger partial charge in [-0.2, -0.15) is 5.10 Å². The van der Waals surface area contributed by atoms with E-state index in [2.05, 4.69) is 16.1 Å². The number of para-hydroxylation sites is 3. The third kappa shape index (κ3) is 3.79. The summed E-state index contributed by atoms with van der Waals surface area (Å²) in [6.45, 7) is 3.34. The van der Waals surface area contributed by atoms with E-state index in [4.69, 9.17) is 9.47 Å². The molecule has 1 fully saturated rings. The van der Waals surface area contributed by atoms with E-state index in [0.717, 1.165) is 37.6 Å². The number of anilines is 1. The van der Waals surface area contributed by atoms with Crippen molar-refractivity contribution in [1.82, 2.24) is 5.01 Å². The molecule has 0 spiro atoms. The van der Waals surface area contributed by atoms with Crippen LogP contribution in [0.5, 0.6) is 17.2 Å². The van der Waals surface area contributed by atoms with Gasteiger partial charge in [0, 0.05) is 18.7 Å². The minimum absolute atomic E-state index is 0.112. The number of methoxy groups -OCH3 is 2. The molecule has 6 nitrogen and oxygen atoms in total. The first-order chi connectivity index (χ1) is 12.2. The molecule has 1 N–H and O–H groups in total. The molecule has 132 valence electrons. The van der Waals surface area contributed by atoms with Gasteiger partial charge >= 0.3 is 0 Å². The minimum atomic E-state index is 0.112. The van der Waals surface area contributed by atoms with Gasteiger partial charge in [0.25, 0.3) is 0 Å². The van der Waals surface area contributed by atoms with Crippen molar-refractivity contribution in [3.8, 4) is 17.2 Å². The van der Waals surface area contributed by atoms with Gasteiger partial charge in [0.05, 0.1) is 39.2 Å². The van der Waals surface area contributed by atoms with Crippen LogP contribution < -0.4 is 14.4 Å². The van der Waals surface area contributed by atoms with Crippen molar-refractivity contribution in [2.75, 3.05) is 45.3 Å². The van der Waals surface area contributed by atoms with Gasteiger partial charge in [0.15, 0.2) is 11.5 Å². The fourth-order valence-electron chi connectivity index (χ4n) is 2.90. The largest absolute Gasteiger partial charge is 0.504 e. The molecule has 0 aliphatic carbocycles. The Morgan fingerprint density at radius 3 is 2.32 bits per heavy atom. The fourth-order valence-corrected chi connectivity index (χ4v) is 2.90. The Bertz CT molecular complexity index is 740. The molecule has 0 amide bonds. The number of aromatic hydroxyl groups is 1. The number of benzene rings is 2. The molecule has 0 atom stereocenters. The lowest BCUT2D eigenvalue weighted by Gasteiger charge is -2.35. The zero-order chi connectivity index (χ0) is 17.6. The number of nitrogens with zero attached hydrogens (tertiary/aromatic N) is 3. The van der Waals surface area contributed by atoms with Crippen LogP contribution in [0.4, 0.5) is 5.69 Å². The molecular weight excluding hydrogens is 318 g/mol. The summed E-state index contributed by atoms with van der Waals surface area (Å²) in [7, 11) is 3.23. The number of piperazine rings is 1. The zero-order valence-electron chi connectivity index (χ0n) is 14.6. The number of rotatable bonds is 5. The van der Waals surface area contributed by atoms with Crippen molar-refractivity contribution >= 4 is 11.9 Å². The lowest BCUT2D eigenvalue weighted by Crippen LogP contribution is -2.44. The lowest BCUT2D eigenvalue weighted by molar-refractivity contribution is 0.271. The predicted octanol–water partition coefficient (Wildman–Crippen LogP) is 2.57. The highest BCUT2D eigenvalue weighted by atomic mass is 16.5. The molecule has 25 heavy (non-hydrogen) atoms. The Hall–Kier alpha value is -2.89. The molecule has 1 heterocycles. The van der Waals surface area contributed by atoms with Crippen LogP contribution in [0.15, 0.2) is 47.6 Å². The smallest absolute Gasteiger partial charge is 0.166 e. The van der Waals surface area contributed by atoms with Crippen molar-refractivity contribution in [3.63, 3.8) is 0 Å². The summed E-state index contributed by atoms with van der Waals surface area (Å²) in [5.41, 5.74) is 1.76. The van der Waals surface area contributed by atoms with Gasteiger partial charge in [-0.15, -0.1) is 0 Å². The summed E-state index contributed by atoms with van der Waals surface area (Å²) in [5.74, 6) is 1.45. The third-order valence-corrected chi connectivity index (χ3v) is 4.29. The van der Waals surface area contributed by atoms with E-state index in [1.807, 2.05) is 35.3 Å². The summed E-state index contributed by atoms with van der Waals surface area (Å²) < 4.78 is 10.6. The number of hydrazone groups is 1. The first-order valence-electron chi connectivity index (χ1n) is 8.26. The highest BCUT2D eigenvalue weighted by Crippen LogP contribution is 2.29. The Morgan fingerprint density at radius 2 is 1.60 bits per heavy atom. The van der Waals surface area contributed by atoms with Gasteiger partial charge < -0.3 is 19.5 Å². The maximum absolute atomic E-state index is 10.1. The third-order valence-electron chi connectivity index (χ3n) is 4.29. The zero-order valence-corrected chi connectivity index (χ0v) is 14.6. The summed E-state index contributed by atoms with van der Waals surface area (Å²) in [6.07, 6.45) is 1.68. The molecule has 3 rings (SSSR count). The molecule has 2 aromatic rings. The van der Waals surface area contributed by atoms with E-state index in [0.29, 0.717) is 11.3 Å². The number of hydrogen-bond acceptors (Lipinski definition) is 6. The maximum Gasteiger partial charge on any atom is 0.166 e. The molecule has 1 aliphatic heterocycles. The van der Waals surface area contributed by atoms with E-state index in [-0.39, 0.29) is 5.75 Å². The Kier molecular flexibility index (Phi) is 5.28. The normalized spacial score (nSPS) is 14.8. The van der Waals surface area contributed by atoms with Gasteiger partial charge in [-0.25, -0.2) is 0 Å². The quantitative estimate of drug-likeness (QED) is 0.847. The van der Waals surface area contributed by atoms with Crippen LogP contribution in [0.1, 0.15) is 5.56 Å². The standard InChI is InChI=1S/C19H23N3O3/c1-24-17-8-4-3-7-16(17)21-10-12-22(13-11-21)20-14-15-6-5-9-18(25-2)19(15)23/h3-9,14,23H,10-13H2,1-2H3/b20-14+. The second-order valence-corrected chi connectivity index (χ2v) is 5.76. The average Bonchev–Trinajstić information content (AvgIpc) is 2.67. The van der Waals surface area contributed by atoms with Crippen LogP contribution >= 0.6 is 0 Å². The Morgan fingerprint density at radius 1 is 0.920 bits per heavy atom. The number of hydrogen-bond donors (Lipinski definition) is 1. The van der Waals surface area contributed by atoms with Gasteiger partial charge in [0.1, 0.15) is 5.75 Å². The van der Waals surface area contributed by atoms with E-state index in [9.17, 15) is 5.11 Å². The van der Waals surface area contributed by atoms with Crippen molar-refractivity contribution in [1.29, 1.82) is 0 Å². The lowest BCUT2D eigenvalue weighted by atomic mass is 10.2. The van der Waals surface area contributed by atoms with Gasteiger partial charge in [-0.3, -0.25) is 5.01 Å². The van der Waals surface area contributed by atoms with E-state index < -0.39 is 0 Å². The van der Waals surface area contributed by atoms with Gasteiger partial charge in [0.2, 0.25) is 0 Å². The topological polar surface area (TPSA) is 57.5 Å². The first-order valence-corrected chi connectivity index (χ1v) is 8.26. The van der Waals surface area contributed by atoms with E-state index in [1.54, 1.807) is 19.4 Å². The summed E-state index contributed by atoms with van der Waals surface area (Å²) in [4.78, 5) is 2.30. The molecule has 0 bridgehead atoms. The summed E-state index contributed by atoms with van der Waals surface area (Å²) in [5, 5.41) is 16.6. The predicted molar refractivity (Wildman–Crippen MR) is 99.0 cm³/mol. The second-order valence-electron chi connectivity index (χ2n) is 5.76. The second kappa shape index (κ2) is 7.79. The van der Waals surface area contributed by atoms with E-state index in [1.165, 1.54) is 7.11 Å². The molecule has 1 aliphatic rings. The monoisotopic (exact) mass is 341 g/mol. The SMILES string of the molecule is COc1ccccc1N1CCN(/N=C/c2cccc(OC)c2O)CC1. The molecule has 0 unspecified atom stereocenters. The first kappa shape index (κ1) is 17.0. The van der Waals surface area contributed by atoms with E-state index >= 15 is 0 Å². The van der Waals surface area contributed by atoms with Crippen LogP contribution in [-0.4, -0.2) is 56.7 Å². The number of phenols is 1. The fraction of sp³-hybridized carbons (Fsp3) is 0.316. The Labute approximate surface area is 147 Å². The average molecular weight is 341 g/mol. The van der Waals surface area contributed by atoms with Crippen LogP contribution in [0.3, 0.4) is 0 Å². The highest BCUT2D eigenvalue weighted by molar-refractivity contribution is 5.84. The number of ether oxygens (including phenoxy) is 2. The van der Waals surface area contributed by atoms with Crippen molar-refractivity contribution in [2.24, 2.45) is 5.10 Å². The van der Waals surface area contributed by atoms with Crippen LogP contribution in [-0.2, 0) is 0 Å². The molecule has 0 saturated carbocycles. The molecule has 0 radical (unpaired) electrons. The minimum Gasteiger partial charge on any atom is -0.504 e. The molecular formula is C19H23N3O3. The molecule has 2 aromatic carbocycles. The van der Waals surface area contributed by atoms with Crippen LogP contribution in [0.2, 0.25) is 0 Å². The summed E-state index contributed by atoms with van der Waals surface area (Å²) >= 11 is 0.